The minimum absolute atomic E-state index is 0.211. The molecule has 0 aliphatic heterocycles. The molecule has 0 spiro atoms. The Kier molecular flexibility index (Phi) is 7.23. The van der Waals surface area contributed by atoms with Crippen molar-refractivity contribution < 1.29 is 9.53 Å². The van der Waals surface area contributed by atoms with Gasteiger partial charge < -0.3 is 10.1 Å². The highest BCUT2D eigenvalue weighted by Crippen LogP contribution is 2.01. The maximum absolute atomic E-state index is 9.82. The summed E-state index contributed by atoms with van der Waals surface area (Å²) in [6.45, 7) is 3.65. The van der Waals surface area contributed by atoms with Gasteiger partial charge in [-0.2, -0.15) is 0 Å². The molecule has 14 heavy (non-hydrogen) atoms. The lowest BCUT2D eigenvalue weighted by atomic mass is 10.3. The Morgan fingerprint density at radius 3 is 2.14 bits per heavy atom. The van der Waals surface area contributed by atoms with Crippen LogP contribution in [0.15, 0.2) is 30.3 Å². The van der Waals surface area contributed by atoms with E-state index in [2.05, 4.69) is 10.1 Å². The number of benzene rings is 1. The van der Waals surface area contributed by atoms with Crippen molar-refractivity contribution in [3.63, 3.8) is 0 Å². The fourth-order valence-corrected chi connectivity index (χ4v) is 0.808. The molecule has 3 nitrogen and oxygen atoms in total. The summed E-state index contributed by atoms with van der Waals surface area (Å²) in [5.41, 5.74) is 1.16. The molecule has 0 radical (unpaired) electrons. The fourth-order valence-electron chi connectivity index (χ4n) is 0.808. The minimum Gasteiger partial charge on any atom is -0.466 e. The van der Waals surface area contributed by atoms with E-state index in [1.165, 1.54) is 6.92 Å². The van der Waals surface area contributed by atoms with Crippen molar-refractivity contribution in [2.24, 2.45) is 0 Å². The number of nitrogens with one attached hydrogen (secondary N) is 1. The Morgan fingerprint density at radius 1 is 1.36 bits per heavy atom. The summed E-state index contributed by atoms with van der Waals surface area (Å²) in [4.78, 5) is 9.82. The van der Waals surface area contributed by atoms with Crippen molar-refractivity contribution in [1.82, 2.24) is 0 Å². The van der Waals surface area contributed by atoms with E-state index in [1.54, 1.807) is 6.92 Å². The molecule has 0 amide bonds. The van der Waals surface area contributed by atoms with Crippen molar-refractivity contribution in [3.05, 3.63) is 30.3 Å². The highest BCUT2D eigenvalue weighted by atomic mass is 16.5. The average molecular weight is 195 g/mol. The highest BCUT2D eigenvalue weighted by Gasteiger charge is 1.81. The van der Waals surface area contributed by atoms with Crippen LogP contribution < -0.4 is 5.32 Å². The summed E-state index contributed by atoms with van der Waals surface area (Å²) in [5.74, 6) is -0.211. The molecule has 1 aromatic carbocycles. The van der Waals surface area contributed by atoms with Gasteiger partial charge in [-0.25, -0.2) is 0 Å². The van der Waals surface area contributed by atoms with E-state index in [1.807, 2.05) is 37.4 Å². The fraction of sp³-hybridized carbons (Fsp3) is 0.364. The number of hydrogen-bond acceptors (Lipinski definition) is 3. The van der Waals surface area contributed by atoms with Gasteiger partial charge in [-0.1, -0.05) is 18.2 Å². The Morgan fingerprint density at radius 2 is 1.93 bits per heavy atom. The van der Waals surface area contributed by atoms with Crippen LogP contribution in [-0.4, -0.2) is 19.6 Å². The van der Waals surface area contributed by atoms with Crippen LogP contribution in [0.25, 0.3) is 0 Å². The smallest absolute Gasteiger partial charge is 0.302 e. The zero-order chi connectivity index (χ0) is 10.8. The summed E-state index contributed by atoms with van der Waals surface area (Å²) in [6.07, 6.45) is 0. The lowest BCUT2D eigenvalue weighted by molar-refractivity contribution is -0.140. The summed E-state index contributed by atoms with van der Waals surface area (Å²) in [5, 5.41) is 3.03. The molecule has 0 aromatic heterocycles. The second-order valence-corrected chi connectivity index (χ2v) is 2.54. The van der Waals surface area contributed by atoms with Crippen LogP contribution in [0, 0.1) is 0 Å². The molecule has 0 aliphatic rings. The molecule has 0 saturated heterocycles. The van der Waals surface area contributed by atoms with E-state index in [0.717, 1.165) is 5.69 Å². The molecule has 1 aromatic rings. The molecule has 0 saturated carbocycles. The molecule has 0 aliphatic carbocycles. The second-order valence-electron chi connectivity index (χ2n) is 2.54. The monoisotopic (exact) mass is 195 g/mol. The molecule has 3 heteroatoms. The normalized spacial score (nSPS) is 8.21. The molecular weight excluding hydrogens is 178 g/mol. The maximum Gasteiger partial charge on any atom is 0.302 e. The minimum atomic E-state index is -0.211. The first kappa shape index (κ1) is 12.5. The van der Waals surface area contributed by atoms with E-state index in [-0.39, 0.29) is 5.97 Å². The Bertz CT molecular complexity index is 247. The van der Waals surface area contributed by atoms with Gasteiger partial charge in [0.15, 0.2) is 0 Å². The van der Waals surface area contributed by atoms with Gasteiger partial charge in [-0.3, -0.25) is 4.79 Å². The van der Waals surface area contributed by atoms with Crippen molar-refractivity contribution in [2.45, 2.75) is 13.8 Å². The lowest BCUT2D eigenvalue weighted by Gasteiger charge is -1.94. The van der Waals surface area contributed by atoms with Crippen LogP contribution in [0.5, 0.6) is 0 Å². The summed E-state index contributed by atoms with van der Waals surface area (Å²) in [6, 6.07) is 10.1. The van der Waals surface area contributed by atoms with Crippen LogP contribution >= 0.6 is 0 Å². The summed E-state index contributed by atoms with van der Waals surface area (Å²) in [7, 11) is 1.91. The molecular formula is C11H17NO2. The molecule has 0 heterocycles. The SMILES string of the molecule is CCOC(C)=O.CNc1ccccc1. The van der Waals surface area contributed by atoms with Gasteiger partial charge in [0, 0.05) is 19.7 Å². The van der Waals surface area contributed by atoms with Gasteiger partial charge in [-0.15, -0.1) is 0 Å². The van der Waals surface area contributed by atoms with Crippen molar-refractivity contribution in [2.75, 3.05) is 19.0 Å². The zero-order valence-corrected chi connectivity index (χ0v) is 8.91. The van der Waals surface area contributed by atoms with Crippen molar-refractivity contribution in [1.29, 1.82) is 0 Å². The summed E-state index contributed by atoms with van der Waals surface area (Å²) < 4.78 is 4.40. The largest absolute Gasteiger partial charge is 0.466 e. The number of hydrogen-bond donors (Lipinski definition) is 1. The average Bonchev–Trinajstić information content (AvgIpc) is 2.20. The van der Waals surface area contributed by atoms with E-state index in [9.17, 15) is 4.79 Å². The Balaban J connectivity index is 0.000000255. The van der Waals surface area contributed by atoms with Gasteiger partial charge >= 0.3 is 5.97 Å². The van der Waals surface area contributed by atoms with Gasteiger partial charge in [0.25, 0.3) is 0 Å². The Hall–Kier alpha value is -1.51. The van der Waals surface area contributed by atoms with Gasteiger partial charge in [0.1, 0.15) is 0 Å². The molecule has 0 unspecified atom stereocenters. The lowest BCUT2D eigenvalue weighted by Crippen LogP contribution is -1.95. The standard InChI is InChI=1S/C7H9N.C4H8O2/c1-8-7-5-3-2-4-6-7;1-3-6-4(2)5/h2-6,8H,1H3;3H2,1-2H3. The predicted octanol–water partition coefficient (Wildman–Crippen LogP) is 2.30. The van der Waals surface area contributed by atoms with Crippen LogP contribution in [0.1, 0.15) is 13.8 Å². The van der Waals surface area contributed by atoms with Crippen LogP contribution in [0.3, 0.4) is 0 Å². The van der Waals surface area contributed by atoms with Crippen molar-refractivity contribution in [3.8, 4) is 0 Å². The van der Waals surface area contributed by atoms with Crippen LogP contribution in [-0.2, 0) is 9.53 Å². The molecule has 0 bridgehead atoms. The molecule has 1 N–H and O–H groups in total. The number of rotatable bonds is 2. The number of carbonyl (C=O) groups excluding carboxylic acids is 1. The first-order valence-corrected chi connectivity index (χ1v) is 4.56. The number of para-hydroxylation sites is 1. The van der Waals surface area contributed by atoms with Gasteiger partial charge in [0.05, 0.1) is 6.61 Å². The first-order valence-electron chi connectivity index (χ1n) is 4.56. The predicted molar refractivity (Wildman–Crippen MR) is 58.3 cm³/mol. The van der Waals surface area contributed by atoms with E-state index in [4.69, 9.17) is 0 Å². The topological polar surface area (TPSA) is 38.3 Å². The molecule has 1 rings (SSSR count). The third kappa shape index (κ3) is 7.16. The van der Waals surface area contributed by atoms with E-state index < -0.39 is 0 Å². The third-order valence-corrected chi connectivity index (χ3v) is 1.41. The van der Waals surface area contributed by atoms with Gasteiger partial charge in [-0.05, 0) is 19.1 Å². The van der Waals surface area contributed by atoms with Crippen LogP contribution in [0.2, 0.25) is 0 Å². The molecule has 0 atom stereocenters. The first-order chi connectivity index (χ1) is 6.70. The van der Waals surface area contributed by atoms with Gasteiger partial charge in [0.2, 0.25) is 0 Å². The molecule has 0 fully saturated rings. The number of anilines is 1. The highest BCUT2D eigenvalue weighted by molar-refractivity contribution is 5.65. The quantitative estimate of drug-likeness (QED) is 0.736. The number of esters is 1. The zero-order valence-electron chi connectivity index (χ0n) is 8.91. The van der Waals surface area contributed by atoms with E-state index >= 15 is 0 Å². The van der Waals surface area contributed by atoms with E-state index in [0.29, 0.717) is 6.61 Å². The van der Waals surface area contributed by atoms with Crippen molar-refractivity contribution >= 4 is 11.7 Å². The third-order valence-electron chi connectivity index (χ3n) is 1.41. The number of ether oxygens (including phenoxy) is 1. The molecule has 78 valence electrons. The maximum atomic E-state index is 9.82. The number of carbonyl (C=O) groups is 1. The van der Waals surface area contributed by atoms with Crippen LogP contribution in [0.4, 0.5) is 5.69 Å². The second kappa shape index (κ2) is 8.10. The Labute approximate surface area is 85.1 Å². The summed E-state index contributed by atoms with van der Waals surface area (Å²) >= 11 is 0.